The Kier molecular flexibility index (Phi) is 3.33. The van der Waals surface area contributed by atoms with E-state index in [1.807, 2.05) is 19.1 Å². The van der Waals surface area contributed by atoms with Crippen LogP contribution in [0.5, 0.6) is 5.75 Å². The van der Waals surface area contributed by atoms with Crippen molar-refractivity contribution in [2.75, 3.05) is 6.61 Å². The van der Waals surface area contributed by atoms with Crippen LogP contribution in [0.4, 0.5) is 0 Å². The summed E-state index contributed by atoms with van der Waals surface area (Å²) in [6, 6.07) is 3.71. The predicted octanol–water partition coefficient (Wildman–Crippen LogP) is 3.01. The zero-order valence-electron chi connectivity index (χ0n) is 5.97. The molecule has 0 unspecified atom stereocenters. The van der Waals surface area contributed by atoms with Crippen LogP contribution in [0.3, 0.4) is 0 Å². The van der Waals surface area contributed by atoms with E-state index < -0.39 is 0 Å². The first kappa shape index (κ1) is 9.00. The number of rotatable bonds is 2. The van der Waals surface area contributed by atoms with Crippen LogP contribution in [0.15, 0.2) is 21.3 Å². The SMILES string of the molecule is CCOc1ccc(Br)nc1Br. The standard InChI is InChI=1S/C7H7Br2NO/c1-2-11-5-3-4-6(8)10-7(5)9/h3-4H,2H2,1H3. The summed E-state index contributed by atoms with van der Waals surface area (Å²) >= 11 is 6.53. The lowest BCUT2D eigenvalue weighted by Gasteiger charge is -2.03. The molecule has 0 bridgehead atoms. The van der Waals surface area contributed by atoms with E-state index in [0.29, 0.717) is 6.61 Å². The largest absolute Gasteiger partial charge is 0.491 e. The zero-order chi connectivity index (χ0) is 8.27. The lowest BCUT2D eigenvalue weighted by Crippen LogP contribution is -1.93. The summed E-state index contributed by atoms with van der Waals surface area (Å²) in [5.74, 6) is 0.774. The number of nitrogens with zero attached hydrogens (tertiary/aromatic N) is 1. The van der Waals surface area contributed by atoms with Crippen molar-refractivity contribution in [2.24, 2.45) is 0 Å². The topological polar surface area (TPSA) is 22.1 Å². The van der Waals surface area contributed by atoms with Crippen molar-refractivity contribution in [3.8, 4) is 5.75 Å². The highest BCUT2D eigenvalue weighted by molar-refractivity contribution is 9.11. The van der Waals surface area contributed by atoms with Gasteiger partial charge in [0.25, 0.3) is 0 Å². The van der Waals surface area contributed by atoms with Crippen LogP contribution < -0.4 is 4.74 Å². The van der Waals surface area contributed by atoms with Crippen molar-refractivity contribution >= 4 is 31.9 Å². The van der Waals surface area contributed by atoms with Crippen molar-refractivity contribution in [3.05, 3.63) is 21.3 Å². The molecule has 0 amide bonds. The Balaban J connectivity index is 2.90. The molecule has 4 heteroatoms. The molecule has 0 spiro atoms. The molecular formula is C7H7Br2NO. The van der Waals surface area contributed by atoms with E-state index in [2.05, 4.69) is 36.8 Å². The Morgan fingerprint density at radius 3 is 2.73 bits per heavy atom. The van der Waals surface area contributed by atoms with Gasteiger partial charge >= 0.3 is 0 Å². The van der Waals surface area contributed by atoms with E-state index in [0.717, 1.165) is 15.0 Å². The van der Waals surface area contributed by atoms with Crippen LogP contribution in [0.2, 0.25) is 0 Å². The Labute approximate surface area is 82.2 Å². The number of ether oxygens (including phenoxy) is 1. The average molecular weight is 281 g/mol. The summed E-state index contributed by atoms with van der Waals surface area (Å²) in [6.07, 6.45) is 0. The fourth-order valence-corrected chi connectivity index (χ4v) is 1.65. The third-order valence-corrected chi connectivity index (χ3v) is 2.09. The molecular weight excluding hydrogens is 274 g/mol. The number of pyridine rings is 1. The first-order valence-corrected chi connectivity index (χ1v) is 4.77. The van der Waals surface area contributed by atoms with Gasteiger partial charge in [0, 0.05) is 0 Å². The number of hydrogen-bond acceptors (Lipinski definition) is 2. The Bertz CT molecular complexity index is 252. The maximum atomic E-state index is 5.26. The van der Waals surface area contributed by atoms with Gasteiger partial charge in [-0.2, -0.15) is 0 Å². The first-order valence-electron chi connectivity index (χ1n) is 3.19. The van der Waals surface area contributed by atoms with Crippen LogP contribution in [0.1, 0.15) is 6.92 Å². The van der Waals surface area contributed by atoms with Crippen LogP contribution in [-0.4, -0.2) is 11.6 Å². The average Bonchev–Trinajstić information content (AvgIpc) is 1.95. The van der Waals surface area contributed by atoms with Gasteiger partial charge < -0.3 is 4.74 Å². The van der Waals surface area contributed by atoms with Gasteiger partial charge in [0.05, 0.1) is 6.61 Å². The van der Waals surface area contributed by atoms with Gasteiger partial charge in [0.15, 0.2) is 5.75 Å². The molecule has 0 fully saturated rings. The number of hydrogen-bond donors (Lipinski definition) is 0. The molecule has 60 valence electrons. The molecule has 0 saturated heterocycles. The third-order valence-electron chi connectivity index (χ3n) is 1.08. The van der Waals surface area contributed by atoms with Gasteiger partial charge in [-0.25, -0.2) is 4.98 Å². The van der Waals surface area contributed by atoms with Crippen molar-refractivity contribution in [2.45, 2.75) is 6.92 Å². The molecule has 0 radical (unpaired) electrons. The number of halogens is 2. The summed E-state index contributed by atoms with van der Waals surface area (Å²) in [5.41, 5.74) is 0. The molecule has 0 aromatic carbocycles. The molecule has 1 rings (SSSR count). The van der Waals surface area contributed by atoms with Crippen LogP contribution in [0, 0.1) is 0 Å². The second-order valence-corrected chi connectivity index (χ2v) is 3.42. The van der Waals surface area contributed by atoms with Gasteiger partial charge in [-0.1, -0.05) is 0 Å². The molecule has 2 nitrogen and oxygen atoms in total. The van der Waals surface area contributed by atoms with Crippen molar-refractivity contribution in [1.82, 2.24) is 4.98 Å². The quantitative estimate of drug-likeness (QED) is 0.777. The Morgan fingerprint density at radius 1 is 1.45 bits per heavy atom. The molecule has 1 aromatic heterocycles. The van der Waals surface area contributed by atoms with E-state index in [-0.39, 0.29) is 0 Å². The fraction of sp³-hybridized carbons (Fsp3) is 0.286. The Morgan fingerprint density at radius 2 is 2.18 bits per heavy atom. The predicted molar refractivity (Wildman–Crippen MR) is 50.8 cm³/mol. The van der Waals surface area contributed by atoms with Crippen molar-refractivity contribution < 1.29 is 4.74 Å². The molecule has 0 saturated carbocycles. The normalized spacial score (nSPS) is 9.73. The van der Waals surface area contributed by atoms with Crippen LogP contribution in [0.25, 0.3) is 0 Å². The third kappa shape index (κ3) is 2.45. The van der Waals surface area contributed by atoms with Crippen molar-refractivity contribution in [3.63, 3.8) is 0 Å². The van der Waals surface area contributed by atoms with Crippen molar-refractivity contribution in [1.29, 1.82) is 0 Å². The van der Waals surface area contributed by atoms with Crippen LogP contribution >= 0.6 is 31.9 Å². The second kappa shape index (κ2) is 4.07. The molecule has 11 heavy (non-hydrogen) atoms. The molecule has 0 aliphatic heterocycles. The minimum Gasteiger partial charge on any atom is -0.491 e. The lowest BCUT2D eigenvalue weighted by molar-refractivity contribution is 0.336. The van der Waals surface area contributed by atoms with E-state index in [1.165, 1.54) is 0 Å². The van der Waals surface area contributed by atoms with Gasteiger partial charge in [0.1, 0.15) is 9.21 Å². The minimum atomic E-state index is 0.655. The summed E-state index contributed by atoms with van der Waals surface area (Å²) in [6.45, 7) is 2.59. The van der Waals surface area contributed by atoms with Gasteiger partial charge in [0.2, 0.25) is 0 Å². The van der Waals surface area contributed by atoms with Crippen LogP contribution in [-0.2, 0) is 0 Å². The van der Waals surface area contributed by atoms with E-state index in [1.54, 1.807) is 0 Å². The fourth-order valence-electron chi connectivity index (χ4n) is 0.663. The smallest absolute Gasteiger partial charge is 0.152 e. The molecule has 0 aliphatic carbocycles. The van der Waals surface area contributed by atoms with E-state index in [4.69, 9.17) is 4.74 Å². The highest BCUT2D eigenvalue weighted by Gasteiger charge is 2.00. The summed E-state index contributed by atoms with van der Waals surface area (Å²) in [5, 5.41) is 0. The highest BCUT2D eigenvalue weighted by atomic mass is 79.9. The van der Waals surface area contributed by atoms with E-state index >= 15 is 0 Å². The molecule has 0 atom stereocenters. The van der Waals surface area contributed by atoms with Gasteiger partial charge in [-0.05, 0) is 50.9 Å². The summed E-state index contributed by atoms with van der Waals surface area (Å²) < 4.78 is 6.79. The molecule has 0 N–H and O–H groups in total. The molecule has 1 heterocycles. The van der Waals surface area contributed by atoms with Gasteiger partial charge in [-0.3, -0.25) is 0 Å². The lowest BCUT2D eigenvalue weighted by atomic mass is 10.5. The summed E-state index contributed by atoms with van der Waals surface area (Å²) in [4.78, 5) is 4.10. The monoisotopic (exact) mass is 279 g/mol. The second-order valence-electron chi connectivity index (χ2n) is 1.86. The zero-order valence-corrected chi connectivity index (χ0v) is 9.15. The maximum absolute atomic E-state index is 5.26. The summed E-state index contributed by atoms with van der Waals surface area (Å²) in [7, 11) is 0. The Hall–Kier alpha value is -0.0900. The maximum Gasteiger partial charge on any atom is 0.152 e. The minimum absolute atomic E-state index is 0.655. The van der Waals surface area contributed by atoms with E-state index in [9.17, 15) is 0 Å². The molecule has 1 aromatic rings. The van der Waals surface area contributed by atoms with Gasteiger partial charge in [-0.15, -0.1) is 0 Å². The first-order chi connectivity index (χ1) is 5.24. The highest BCUT2D eigenvalue weighted by Crippen LogP contribution is 2.24. The number of aromatic nitrogens is 1. The molecule has 0 aliphatic rings.